The Hall–Kier alpha value is -2.77. The maximum Gasteiger partial charge on any atom is 0.295 e. The van der Waals surface area contributed by atoms with Crippen molar-refractivity contribution in [1.29, 1.82) is 0 Å². The topological polar surface area (TPSA) is 93.0 Å². The summed E-state index contributed by atoms with van der Waals surface area (Å²) in [6.07, 6.45) is 3.08. The van der Waals surface area contributed by atoms with Crippen molar-refractivity contribution in [3.8, 4) is 0 Å². The molecule has 0 saturated heterocycles. The number of anilines is 3. The predicted octanol–water partition coefficient (Wildman–Crippen LogP) is 4.36. The van der Waals surface area contributed by atoms with Crippen LogP contribution in [0.4, 0.5) is 27.5 Å². The summed E-state index contributed by atoms with van der Waals surface area (Å²) in [5, 5.41) is 17.3. The summed E-state index contributed by atoms with van der Waals surface area (Å²) in [6.45, 7) is 4.09. The van der Waals surface area contributed by atoms with E-state index in [9.17, 15) is 14.5 Å². The highest BCUT2D eigenvalue weighted by atomic mass is 19.1. The number of rotatable bonds is 7. The lowest BCUT2D eigenvalue weighted by Crippen LogP contribution is -2.16. The van der Waals surface area contributed by atoms with Crippen molar-refractivity contribution >= 4 is 23.1 Å². The van der Waals surface area contributed by atoms with Crippen molar-refractivity contribution in [1.82, 2.24) is 9.97 Å². The van der Waals surface area contributed by atoms with Crippen LogP contribution in [0.5, 0.6) is 0 Å². The van der Waals surface area contributed by atoms with E-state index in [-0.39, 0.29) is 17.4 Å². The molecule has 1 aliphatic carbocycles. The van der Waals surface area contributed by atoms with Gasteiger partial charge in [0, 0.05) is 18.0 Å². The Kier molecular flexibility index (Phi) is 4.78. The normalized spacial score (nSPS) is 14.8. The Balaban J connectivity index is 1.92. The molecule has 1 heterocycles. The molecule has 25 heavy (non-hydrogen) atoms. The minimum atomic E-state index is -0.655. The first-order valence-electron chi connectivity index (χ1n) is 8.32. The summed E-state index contributed by atoms with van der Waals surface area (Å²) in [7, 11) is 0. The fraction of sp³-hybridized carbons (Fsp3) is 0.412. The highest BCUT2D eigenvalue weighted by Crippen LogP contribution is 2.40. The second kappa shape index (κ2) is 7.00. The molecule has 0 aliphatic heterocycles. The smallest absolute Gasteiger partial charge is 0.295 e. The van der Waals surface area contributed by atoms with Crippen molar-refractivity contribution in [2.24, 2.45) is 0 Å². The van der Waals surface area contributed by atoms with Crippen LogP contribution in [-0.2, 0) is 0 Å². The summed E-state index contributed by atoms with van der Waals surface area (Å²) < 4.78 is 13.3. The SMILES string of the molecule is CC[C@H](C)Nc1nc(Nc2ccc(F)cc2[N+](=O)[O-])cc(C2CC2)n1. The quantitative estimate of drug-likeness (QED) is 0.572. The zero-order chi connectivity index (χ0) is 18.0. The predicted molar refractivity (Wildman–Crippen MR) is 93.7 cm³/mol. The first-order chi connectivity index (χ1) is 12.0. The van der Waals surface area contributed by atoms with E-state index in [1.807, 2.05) is 6.92 Å². The van der Waals surface area contributed by atoms with Crippen molar-refractivity contribution in [2.75, 3.05) is 10.6 Å². The maximum absolute atomic E-state index is 13.3. The first kappa shape index (κ1) is 17.1. The molecule has 2 N–H and O–H groups in total. The number of nitro groups is 1. The summed E-state index contributed by atoms with van der Waals surface area (Å²) in [5.41, 5.74) is 0.775. The van der Waals surface area contributed by atoms with Crippen LogP contribution >= 0.6 is 0 Å². The number of nitrogens with zero attached hydrogens (tertiary/aromatic N) is 3. The zero-order valence-electron chi connectivity index (χ0n) is 14.1. The number of nitrogens with one attached hydrogen (secondary N) is 2. The van der Waals surface area contributed by atoms with E-state index in [1.165, 1.54) is 12.1 Å². The van der Waals surface area contributed by atoms with Crippen LogP contribution in [0.25, 0.3) is 0 Å². The monoisotopic (exact) mass is 345 g/mol. The van der Waals surface area contributed by atoms with Gasteiger partial charge in [-0.2, -0.15) is 4.98 Å². The molecular formula is C17H20FN5O2. The molecule has 132 valence electrons. The minimum Gasteiger partial charge on any atom is -0.352 e. The van der Waals surface area contributed by atoms with Crippen molar-refractivity contribution in [3.63, 3.8) is 0 Å². The summed E-state index contributed by atoms with van der Waals surface area (Å²) in [6, 6.07) is 5.42. The third-order valence-corrected chi connectivity index (χ3v) is 4.15. The third-order valence-electron chi connectivity index (χ3n) is 4.15. The average Bonchev–Trinajstić information content (AvgIpc) is 3.41. The maximum atomic E-state index is 13.3. The van der Waals surface area contributed by atoms with Crippen LogP contribution in [0, 0.1) is 15.9 Å². The Morgan fingerprint density at radius 1 is 1.36 bits per heavy atom. The lowest BCUT2D eigenvalue weighted by atomic mass is 10.2. The highest BCUT2D eigenvalue weighted by molar-refractivity contribution is 5.68. The van der Waals surface area contributed by atoms with E-state index in [4.69, 9.17) is 0 Å². The molecule has 7 nitrogen and oxygen atoms in total. The Bertz CT molecular complexity index is 795. The van der Waals surface area contributed by atoms with Gasteiger partial charge in [-0.3, -0.25) is 10.1 Å². The molecule has 3 rings (SSSR count). The fourth-order valence-electron chi connectivity index (χ4n) is 2.40. The molecule has 2 aromatic rings. The Morgan fingerprint density at radius 3 is 2.76 bits per heavy atom. The fourth-order valence-corrected chi connectivity index (χ4v) is 2.40. The molecule has 0 amide bonds. The van der Waals surface area contributed by atoms with E-state index in [0.717, 1.165) is 31.0 Å². The molecule has 1 fully saturated rings. The number of benzene rings is 1. The largest absolute Gasteiger partial charge is 0.352 e. The van der Waals surface area contributed by atoms with E-state index < -0.39 is 10.7 Å². The van der Waals surface area contributed by atoms with Gasteiger partial charge in [-0.1, -0.05) is 6.92 Å². The van der Waals surface area contributed by atoms with E-state index in [1.54, 1.807) is 6.07 Å². The molecule has 8 heteroatoms. The average molecular weight is 345 g/mol. The van der Waals surface area contributed by atoms with Crippen LogP contribution in [-0.4, -0.2) is 20.9 Å². The number of hydrogen-bond donors (Lipinski definition) is 2. The summed E-state index contributed by atoms with van der Waals surface area (Å²) >= 11 is 0. The molecule has 0 unspecified atom stereocenters. The van der Waals surface area contributed by atoms with Crippen LogP contribution in [0.3, 0.4) is 0 Å². The van der Waals surface area contributed by atoms with Crippen molar-refractivity contribution in [2.45, 2.75) is 45.1 Å². The molecule has 1 atom stereocenters. The standard InChI is InChI=1S/C17H20FN5O2/c1-3-10(2)19-17-21-14(11-4-5-11)9-16(22-17)20-13-7-6-12(18)8-15(13)23(24)25/h6-11H,3-5H2,1-2H3,(H2,19,20,21,22)/t10-/m0/s1. The molecule has 1 saturated carbocycles. The van der Waals surface area contributed by atoms with E-state index in [0.29, 0.717) is 17.7 Å². The molecule has 1 aromatic heterocycles. The number of halogens is 1. The lowest BCUT2D eigenvalue weighted by molar-refractivity contribution is -0.384. The second-order valence-corrected chi connectivity index (χ2v) is 6.27. The minimum absolute atomic E-state index is 0.196. The van der Waals surface area contributed by atoms with Gasteiger partial charge in [0.2, 0.25) is 5.95 Å². The van der Waals surface area contributed by atoms with Gasteiger partial charge in [-0.05, 0) is 38.3 Å². The number of aromatic nitrogens is 2. The Morgan fingerprint density at radius 2 is 2.12 bits per heavy atom. The van der Waals surface area contributed by atoms with Gasteiger partial charge >= 0.3 is 0 Å². The lowest BCUT2D eigenvalue weighted by Gasteiger charge is -2.14. The highest BCUT2D eigenvalue weighted by Gasteiger charge is 2.26. The molecule has 0 bridgehead atoms. The second-order valence-electron chi connectivity index (χ2n) is 6.27. The first-order valence-corrected chi connectivity index (χ1v) is 8.32. The van der Waals surface area contributed by atoms with Crippen molar-refractivity contribution < 1.29 is 9.31 Å². The molecule has 0 spiro atoms. The van der Waals surface area contributed by atoms with Gasteiger partial charge in [0.15, 0.2) is 0 Å². The van der Waals surface area contributed by atoms with E-state index in [2.05, 4.69) is 27.5 Å². The van der Waals surface area contributed by atoms with Gasteiger partial charge in [0.1, 0.15) is 17.3 Å². The molecule has 1 aromatic carbocycles. The van der Waals surface area contributed by atoms with Gasteiger partial charge < -0.3 is 10.6 Å². The molecule has 0 radical (unpaired) electrons. The van der Waals surface area contributed by atoms with Gasteiger partial charge in [0.05, 0.1) is 16.7 Å². The zero-order valence-corrected chi connectivity index (χ0v) is 14.1. The van der Waals surface area contributed by atoms with Crippen molar-refractivity contribution in [3.05, 3.63) is 45.9 Å². The van der Waals surface area contributed by atoms with Gasteiger partial charge in [-0.25, -0.2) is 9.37 Å². The number of nitro benzene ring substituents is 1. The van der Waals surface area contributed by atoms with Crippen LogP contribution in [0.2, 0.25) is 0 Å². The third kappa shape index (κ3) is 4.20. The van der Waals surface area contributed by atoms with E-state index >= 15 is 0 Å². The molecule has 1 aliphatic rings. The summed E-state index contributed by atoms with van der Waals surface area (Å²) in [4.78, 5) is 19.5. The Labute approximate surface area is 144 Å². The van der Waals surface area contributed by atoms with Crippen LogP contribution < -0.4 is 10.6 Å². The summed E-state index contributed by atoms with van der Waals surface area (Å²) in [5.74, 6) is 0.699. The molecular weight excluding hydrogens is 325 g/mol. The van der Waals surface area contributed by atoms with Crippen LogP contribution in [0.1, 0.15) is 44.7 Å². The van der Waals surface area contributed by atoms with Gasteiger partial charge in [0.25, 0.3) is 5.69 Å². The van der Waals surface area contributed by atoms with Crippen LogP contribution in [0.15, 0.2) is 24.3 Å². The number of hydrogen-bond acceptors (Lipinski definition) is 6. The van der Waals surface area contributed by atoms with Gasteiger partial charge in [-0.15, -0.1) is 0 Å².